The normalized spacial score (nSPS) is 20.5. The van der Waals surface area contributed by atoms with Crippen molar-refractivity contribution in [1.29, 1.82) is 0 Å². The fourth-order valence-corrected chi connectivity index (χ4v) is 4.02. The van der Waals surface area contributed by atoms with Gasteiger partial charge in [-0.15, -0.1) is 0 Å². The molecule has 1 aromatic rings. The summed E-state index contributed by atoms with van der Waals surface area (Å²) >= 11 is 0. The van der Waals surface area contributed by atoms with Crippen LogP contribution in [0.25, 0.3) is 0 Å². The minimum Gasteiger partial charge on any atom is -0.326 e. The Morgan fingerprint density at radius 3 is 2.19 bits per heavy atom. The lowest BCUT2D eigenvalue weighted by Gasteiger charge is -2.21. The number of nitrogens with one attached hydrogen (secondary N) is 2. The van der Waals surface area contributed by atoms with Gasteiger partial charge in [0.05, 0.1) is 17.4 Å². The van der Waals surface area contributed by atoms with Crippen molar-refractivity contribution >= 4 is 33.0 Å². The van der Waals surface area contributed by atoms with Crippen molar-refractivity contribution in [3.63, 3.8) is 0 Å². The maximum absolute atomic E-state index is 12.1. The van der Waals surface area contributed by atoms with Gasteiger partial charge < -0.3 is 10.6 Å². The van der Waals surface area contributed by atoms with Gasteiger partial charge in [-0.3, -0.25) is 9.59 Å². The van der Waals surface area contributed by atoms with E-state index < -0.39 is 15.8 Å². The summed E-state index contributed by atoms with van der Waals surface area (Å²) in [6.45, 7) is 1.42. The van der Waals surface area contributed by atoms with E-state index in [0.29, 0.717) is 24.2 Å². The van der Waals surface area contributed by atoms with Crippen molar-refractivity contribution in [2.45, 2.75) is 19.8 Å². The molecule has 0 aromatic heterocycles. The Morgan fingerprint density at radius 2 is 1.67 bits per heavy atom. The molecule has 7 heteroatoms. The maximum atomic E-state index is 12.1. The second-order valence-electron chi connectivity index (χ2n) is 5.20. The molecular weight excluding hydrogens is 292 g/mol. The standard InChI is InChI=1S/C14H18N2O4S/c1-10(17)15-12-4-6-13(7-5-12)16-14(18)11-3-2-8-21(19,20)9-11/h4-7,11H,2-3,8-9H2,1H3,(H,15,17)(H,16,18). The first-order valence-electron chi connectivity index (χ1n) is 6.75. The van der Waals surface area contributed by atoms with E-state index in [1.165, 1.54) is 6.92 Å². The largest absolute Gasteiger partial charge is 0.326 e. The van der Waals surface area contributed by atoms with Crippen molar-refractivity contribution < 1.29 is 18.0 Å². The molecule has 2 N–H and O–H groups in total. The van der Waals surface area contributed by atoms with Crippen LogP contribution < -0.4 is 10.6 Å². The summed E-state index contributed by atoms with van der Waals surface area (Å²) in [7, 11) is -3.10. The Labute approximate surface area is 123 Å². The number of anilines is 2. The van der Waals surface area contributed by atoms with Crippen molar-refractivity contribution in [2.24, 2.45) is 5.92 Å². The van der Waals surface area contributed by atoms with Crippen molar-refractivity contribution in [2.75, 3.05) is 22.1 Å². The summed E-state index contributed by atoms with van der Waals surface area (Å²) in [6, 6.07) is 6.68. The van der Waals surface area contributed by atoms with Gasteiger partial charge in [-0.1, -0.05) is 0 Å². The third-order valence-corrected chi connectivity index (χ3v) is 5.13. The number of amides is 2. The average Bonchev–Trinajstić information content (AvgIpc) is 2.39. The maximum Gasteiger partial charge on any atom is 0.228 e. The molecule has 1 saturated heterocycles. The van der Waals surface area contributed by atoms with Gasteiger partial charge in [0.2, 0.25) is 11.8 Å². The Bertz CT molecular complexity index is 637. The molecule has 1 unspecified atom stereocenters. The smallest absolute Gasteiger partial charge is 0.228 e. The lowest BCUT2D eigenvalue weighted by atomic mass is 10.0. The Morgan fingerprint density at radius 1 is 1.10 bits per heavy atom. The summed E-state index contributed by atoms with van der Waals surface area (Å²) in [4.78, 5) is 23.0. The molecular formula is C14H18N2O4S. The minimum atomic E-state index is -3.10. The van der Waals surface area contributed by atoms with Crippen LogP contribution in [0, 0.1) is 5.92 Å². The molecule has 2 rings (SSSR count). The number of hydrogen-bond donors (Lipinski definition) is 2. The van der Waals surface area contributed by atoms with Crippen LogP contribution in [0.2, 0.25) is 0 Å². The first kappa shape index (κ1) is 15.5. The van der Waals surface area contributed by atoms with E-state index in [-0.39, 0.29) is 23.3 Å². The summed E-state index contributed by atoms with van der Waals surface area (Å²) in [5.41, 5.74) is 1.22. The van der Waals surface area contributed by atoms with Gasteiger partial charge in [0.1, 0.15) is 0 Å². The SMILES string of the molecule is CC(=O)Nc1ccc(NC(=O)C2CCCS(=O)(=O)C2)cc1. The van der Waals surface area contributed by atoms with Gasteiger partial charge in [-0.25, -0.2) is 8.42 Å². The molecule has 0 bridgehead atoms. The molecule has 21 heavy (non-hydrogen) atoms. The van der Waals surface area contributed by atoms with Crippen molar-refractivity contribution in [1.82, 2.24) is 0 Å². The molecule has 114 valence electrons. The van der Waals surface area contributed by atoms with Crippen LogP contribution in [0.1, 0.15) is 19.8 Å². The highest BCUT2D eigenvalue weighted by atomic mass is 32.2. The van der Waals surface area contributed by atoms with E-state index >= 15 is 0 Å². The molecule has 1 fully saturated rings. The third-order valence-electron chi connectivity index (χ3n) is 3.31. The Kier molecular flexibility index (Phi) is 4.62. The molecule has 0 spiro atoms. The number of carbonyl (C=O) groups is 2. The highest BCUT2D eigenvalue weighted by Crippen LogP contribution is 2.21. The van der Waals surface area contributed by atoms with Crippen LogP contribution in [-0.2, 0) is 19.4 Å². The molecule has 1 atom stereocenters. The zero-order chi connectivity index (χ0) is 15.5. The lowest BCUT2D eigenvalue weighted by molar-refractivity contribution is -0.119. The van der Waals surface area contributed by atoms with E-state index in [1.54, 1.807) is 24.3 Å². The molecule has 1 aromatic carbocycles. The Balaban J connectivity index is 1.97. The van der Waals surface area contributed by atoms with Crippen LogP contribution in [0.4, 0.5) is 11.4 Å². The number of hydrogen-bond acceptors (Lipinski definition) is 4. The highest BCUT2D eigenvalue weighted by Gasteiger charge is 2.29. The predicted molar refractivity (Wildman–Crippen MR) is 80.8 cm³/mol. The number of sulfone groups is 1. The van der Waals surface area contributed by atoms with Crippen LogP contribution >= 0.6 is 0 Å². The van der Waals surface area contributed by atoms with Crippen molar-refractivity contribution in [3.05, 3.63) is 24.3 Å². The van der Waals surface area contributed by atoms with Crippen LogP contribution in [-0.4, -0.2) is 31.7 Å². The van der Waals surface area contributed by atoms with Crippen LogP contribution in [0.5, 0.6) is 0 Å². The first-order chi connectivity index (χ1) is 9.85. The first-order valence-corrected chi connectivity index (χ1v) is 8.57. The van der Waals surface area contributed by atoms with E-state index in [2.05, 4.69) is 10.6 Å². The molecule has 2 amide bonds. The molecule has 6 nitrogen and oxygen atoms in total. The second kappa shape index (κ2) is 6.26. The lowest BCUT2D eigenvalue weighted by Crippen LogP contribution is -2.34. The molecule has 0 saturated carbocycles. The fraction of sp³-hybridized carbons (Fsp3) is 0.429. The van der Waals surface area contributed by atoms with Gasteiger partial charge in [-0.05, 0) is 37.1 Å². The molecule has 0 radical (unpaired) electrons. The summed E-state index contributed by atoms with van der Waals surface area (Å²) < 4.78 is 23.1. The summed E-state index contributed by atoms with van der Waals surface area (Å²) in [6.07, 6.45) is 1.12. The monoisotopic (exact) mass is 310 g/mol. The highest BCUT2D eigenvalue weighted by molar-refractivity contribution is 7.91. The quantitative estimate of drug-likeness (QED) is 0.883. The molecule has 0 aliphatic carbocycles. The third kappa shape index (κ3) is 4.56. The fourth-order valence-electron chi connectivity index (χ4n) is 2.31. The zero-order valence-corrected chi connectivity index (χ0v) is 12.6. The van der Waals surface area contributed by atoms with Gasteiger partial charge in [0.25, 0.3) is 0 Å². The molecule has 1 aliphatic rings. The summed E-state index contributed by atoms with van der Waals surface area (Å²) in [5, 5.41) is 5.34. The predicted octanol–water partition coefficient (Wildman–Crippen LogP) is 1.41. The van der Waals surface area contributed by atoms with E-state index in [9.17, 15) is 18.0 Å². The van der Waals surface area contributed by atoms with Crippen molar-refractivity contribution in [3.8, 4) is 0 Å². The van der Waals surface area contributed by atoms with Gasteiger partial charge in [-0.2, -0.15) is 0 Å². The minimum absolute atomic E-state index is 0.0805. The number of benzene rings is 1. The average molecular weight is 310 g/mol. The van der Waals surface area contributed by atoms with E-state index in [1.807, 2.05) is 0 Å². The second-order valence-corrected chi connectivity index (χ2v) is 7.43. The number of rotatable bonds is 3. The topological polar surface area (TPSA) is 92.3 Å². The van der Waals surface area contributed by atoms with Crippen LogP contribution in [0.3, 0.4) is 0 Å². The zero-order valence-electron chi connectivity index (χ0n) is 11.8. The Hall–Kier alpha value is -1.89. The van der Waals surface area contributed by atoms with Gasteiger partial charge in [0.15, 0.2) is 9.84 Å². The van der Waals surface area contributed by atoms with Gasteiger partial charge in [0, 0.05) is 18.3 Å². The molecule has 1 aliphatic heterocycles. The van der Waals surface area contributed by atoms with E-state index in [4.69, 9.17) is 0 Å². The number of carbonyl (C=O) groups excluding carboxylic acids is 2. The van der Waals surface area contributed by atoms with Gasteiger partial charge >= 0.3 is 0 Å². The van der Waals surface area contributed by atoms with E-state index in [0.717, 1.165) is 0 Å². The summed E-state index contributed by atoms with van der Waals surface area (Å²) in [5.74, 6) is -0.839. The van der Waals surface area contributed by atoms with Crippen LogP contribution in [0.15, 0.2) is 24.3 Å². The molecule has 1 heterocycles.